The summed E-state index contributed by atoms with van der Waals surface area (Å²) in [6.07, 6.45) is 1.10. The minimum atomic E-state index is -4.64. The van der Waals surface area contributed by atoms with Crippen molar-refractivity contribution in [1.29, 1.82) is 0 Å². The molecule has 4 N–H and O–H groups in total. The van der Waals surface area contributed by atoms with E-state index in [9.17, 15) is 0 Å². The van der Waals surface area contributed by atoms with Gasteiger partial charge in [-0.15, -0.1) is 0 Å². The minimum Gasteiger partial charge on any atom is -0.384 e. The summed E-state index contributed by atoms with van der Waals surface area (Å²) in [5.41, 5.74) is 2.53. The van der Waals surface area contributed by atoms with Crippen molar-refractivity contribution in [3.05, 3.63) is 27.2 Å². The number of nitrogens with one attached hydrogen (secondary N) is 1. The van der Waals surface area contributed by atoms with Crippen molar-refractivity contribution in [1.82, 2.24) is 0 Å². The molecule has 1 heterocycles. The van der Waals surface area contributed by atoms with Gasteiger partial charge in [-0.25, -0.2) is 4.57 Å². The highest BCUT2D eigenvalue weighted by Gasteiger charge is 2.11. The van der Waals surface area contributed by atoms with Gasteiger partial charge in [-0.05, 0) is 40.0 Å². The summed E-state index contributed by atoms with van der Waals surface area (Å²) >= 11 is 9.29. The summed E-state index contributed by atoms with van der Waals surface area (Å²) in [5, 5.41) is 4.04. The van der Waals surface area contributed by atoms with Crippen molar-refractivity contribution in [3.8, 4) is 0 Å². The highest BCUT2D eigenvalue weighted by Crippen LogP contribution is 2.31. The first-order valence-electron chi connectivity index (χ1n) is 4.27. The fourth-order valence-corrected chi connectivity index (χ4v) is 1.85. The molecule has 0 fully saturated rings. The van der Waals surface area contributed by atoms with Gasteiger partial charge in [-0.1, -0.05) is 11.6 Å². The van der Waals surface area contributed by atoms with E-state index in [2.05, 4.69) is 27.3 Å². The van der Waals surface area contributed by atoms with Crippen LogP contribution in [0.3, 0.4) is 0 Å². The lowest BCUT2D eigenvalue weighted by Gasteiger charge is -2.01. The molecule has 1 aromatic rings. The quantitative estimate of drug-likeness (QED) is 0.547. The molecule has 5 nitrogen and oxygen atoms in total. The van der Waals surface area contributed by atoms with E-state index in [-0.39, 0.29) is 0 Å². The molecule has 0 aliphatic carbocycles. The minimum absolute atomic E-state index is 0.776. The molecule has 1 aliphatic heterocycles. The molecule has 0 amide bonds. The second-order valence-corrected chi connectivity index (χ2v) is 5.40. The summed E-state index contributed by atoms with van der Waals surface area (Å²) < 4.78 is 9.87. The van der Waals surface area contributed by atoms with Gasteiger partial charge in [0.2, 0.25) is 0 Å². The van der Waals surface area contributed by atoms with Crippen LogP contribution in [0.25, 0.3) is 0 Å². The Kier molecular flexibility index (Phi) is 4.79. The molecule has 0 atom stereocenters. The molecule has 1 aliphatic rings. The molecular formula is C8H10BrClNO4P. The van der Waals surface area contributed by atoms with Gasteiger partial charge < -0.3 is 20.0 Å². The van der Waals surface area contributed by atoms with Gasteiger partial charge >= 0.3 is 7.82 Å². The van der Waals surface area contributed by atoms with Crippen molar-refractivity contribution < 1.29 is 19.2 Å². The molecule has 16 heavy (non-hydrogen) atoms. The number of halogens is 2. The lowest BCUT2D eigenvalue weighted by molar-refractivity contribution is 0.275. The van der Waals surface area contributed by atoms with Crippen LogP contribution in [0, 0.1) is 0 Å². The Hall–Kier alpha value is -0.100. The van der Waals surface area contributed by atoms with E-state index in [4.69, 9.17) is 30.8 Å². The first-order valence-corrected chi connectivity index (χ1v) is 7.01. The van der Waals surface area contributed by atoms with Crippen LogP contribution in [0.5, 0.6) is 0 Å². The van der Waals surface area contributed by atoms with Crippen LogP contribution in [0.1, 0.15) is 5.56 Å². The molecule has 2 rings (SSSR count). The normalized spacial score (nSPS) is 13.6. The van der Waals surface area contributed by atoms with E-state index in [1.807, 2.05) is 6.07 Å². The molecule has 1 aromatic carbocycles. The zero-order valence-electron chi connectivity index (χ0n) is 8.02. The van der Waals surface area contributed by atoms with E-state index >= 15 is 0 Å². The summed E-state index contributed by atoms with van der Waals surface area (Å²) in [5.74, 6) is 0. The molecular weight excluding hydrogens is 320 g/mol. The molecule has 0 bridgehead atoms. The SMILES string of the molecule is Clc1cc2c(cc1Br)CCN2.O=P(O)(O)O. The number of hydrogen-bond acceptors (Lipinski definition) is 2. The lowest BCUT2D eigenvalue weighted by Crippen LogP contribution is -1.90. The van der Waals surface area contributed by atoms with Crippen LogP contribution in [-0.4, -0.2) is 21.2 Å². The third-order valence-electron chi connectivity index (χ3n) is 1.86. The van der Waals surface area contributed by atoms with Crippen LogP contribution >= 0.6 is 35.4 Å². The Balaban J connectivity index is 0.000000221. The maximum Gasteiger partial charge on any atom is 0.466 e. The van der Waals surface area contributed by atoms with E-state index in [0.717, 1.165) is 22.5 Å². The van der Waals surface area contributed by atoms with Crippen molar-refractivity contribution in [2.75, 3.05) is 11.9 Å². The Morgan fingerprint density at radius 1 is 1.38 bits per heavy atom. The Labute approximate surface area is 106 Å². The van der Waals surface area contributed by atoms with Gasteiger partial charge in [0, 0.05) is 16.7 Å². The Bertz CT molecular complexity index is 399. The van der Waals surface area contributed by atoms with Crippen molar-refractivity contribution in [3.63, 3.8) is 0 Å². The molecule has 90 valence electrons. The predicted molar refractivity (Wildman–Crippen MR) is 65.6 cm³/mol. The van der Waals surface area contributed by atoms with Crippen molar-refractivity contribution in [2.45, 2.75) is 6.42 Å². The average molecular weight is 331 g/mol. The van der Waals surface area contributed by atoms with E-state index in [0.29, 0.717) is 0 Å². The molecule has 0 spiro atoms. The Morgan fingerprint density at radius 2 is 1.94 bits per heavy atom. The van der Waals surface area contributed by atoms with Crippen LogP contribution in [0.2, 0.25) is 5.02 Å². The largest absolute Gasteiger partial charge is 0.466 e. The number of hydrogen-bond donors (Lipinski definition) is 4. The van der Waals surface area contributed by atoms with Gasteiger partial charge in [0.05, 0.1) is 5.02 Å². The topological polar surface area (TPSA) is 89.8 Å². The highest BCUT2D eigenvalue weighted by molar-refractivity contribution is 9.10. The number of rotatable bonds is 0. The van der Waals surface area contributed by atoms with Crippen LogP contribution < -0.4 is 5.32 Å². The van der Waals surface area contributed by atoms with Gasteiger partial charge in [-0.3, -0.25) is 0 Å². The Morgan fingerprint density at radius 3 is 2.50 bits per heavy atom. The monoisotopic (exact) mass is 329 g/mol. The summed E-state index contributed by atoms with van der Waals surface area (Å²) in [4.78, 5) is 21.6. The van der Waals surface area contributed by atoms with Crippen LogP contribution in [0.15, 0.2) is 16.6 Å². The molecule has 0 unspecified atom stereocenters. The smallest absolute Gasteiger partial charge is 0.384 e. The molecule has 0 aromatic heterocycles. The molecule has 0 saturated carbocycles. The fourth-order valence-electron chi connectivity index (χ4n) is 1.29. The fraction of sp³-hybridized carbons (Fsp3) is 0.250. The van der Waals surface area contributed by atoms with Gasteiger partial charge in [-0.2, -0.15) is 0 Å². The maximum absolute atomic E-state index is 8.88. The van der Waals surface area contributed by atoms with Gasteiger partial charge in [0.1, 0.15) is 0 Å². The molecule has 0 radical (unpaired) electrons. The molecule has 0 saturated heterocycles. The van der Waals surface area contributed by atoms with E-state index in [1.54, 1.807) is 0 Å². The second-order valence-electron chi connectivity index (χ2n) is 3.11. The van der Waals surface area contributed by atoms with Gasteiger partial charge in [0.25, 0.3) is 0 Å². The summed E-state index contributed by atoms with van der Waals surface area (Å²) in [6, 6.07) is 4.05. The highest BCUT2D eigenvalue weighted by atomic mass is 79.9. The van der Waals surface area contributed by atoms with E-state index in [1.165, 1.54) is 11.3 Å². The lowest BCUT2D eigenvalue weighted by atomic mass is 10.2. The standard InChI is InChI=1S/C8H7BrClN.H3O4P/c9-6-3-5-1-2-11-8(5)4-7(6)10;1-5(2,3)4/h3-4,11H,1-2H2;(H3,1,2,3,4). The first-order chi connectivity index (χ1) is 7.27. The van der Waals surface area contributed by atoms with Crippen LogP contribution in [0.4, 0.5) is 5.69 Å². The first kappa shape index (κ1) is 14.0. The third kappa shape index (κ3) is 4.82. The zero-order valence-corrected chi connectivity index (χ0v) is 11.3. The van der Waals surface area contributed by atoms with Crippen LogP contribution in [-0.2, 0) is 11.0 Å². The predicted octanol–water partition coefficient (Wildman–Crippen LogP) is 2.14. The maximum atomic E-state index is 8.88. The summed E-state index contributed by atoms with van der Waals surface area (Å²) in [6.45, 7) is 1.03. The second kappa shape index (κ2) is 5.49. The zero-order chi connectivity index (χ0) is 12.3. The van der Waals surface area contributed by atoms with Crippen molar-refractivity contribution >= 4 is 41.0 Å². The molecule has 8 heteroatoms. The average Bonchev–Trinajstić information content (AvgIpc) is 2.49. The number of benzene rings is 1. The van der Waals surface area contributed by atoms with E-state index < -0.39 is 7.82 Å². The van der Waals surface area contributed by atoms with Gasteiger partial charge in [0.15, 0.2) is 0 Å². The van der Waals surface area contributed by atoms with Crippen molar-refractivity contribution in [2.24, 2.45) is 0 Å². The number of fused-ring (bicyclic) bond motifs is 1. The number of phosphoric acid groups is 1. The number of anilines is 1. The third-order valence-corrected chi connectivity index (χ3v) is 3.05. The summed E-state index contributed by atoms with van der Waals surface area (Å²) in [7, 11) is -4.64.